The maximum Gasteiger partial charge on any atom is 0.270 e. The molecule has 2 aliphatic rings. The molecule has 2 aromatic rings. The molecule has 4 rings (SSSR count). The molecule has 0 atom stereocenters. The van der Waals surface area contributed by atoms with Gasteiger partial charge in [-0.05, 0) is 49.8 Å². The number of benzene rings is 2. The lowest BCUT2D eigenvalue weighted by atomic mass is 9.92. The van der Waals surface area contributed by atoms with E-state index < -0.39 is 10.7 Å². The van der Waals surface area contributed by atoms with Crippen LogP contribution >= 0.6 is 11.8 Å². The molecule has 0 aliphatic carbocycles. The number of hydrogen-bond acceptors (Lipinski definition) is 5. The van der Waals surface area contributed by atoms with E-state index >= 15 is 0 Å². The maximum atomic E-state index is 14.2. The summed E-state index contributed by atoms with van der Waals surface area (Å²) in [4.78, 5) is 41.0. The number of non-ortho nitro benzene ring substituents is 1. The summed E-state index contributed by atoms with van der Waals surface area (Å²) in [6.45, 7) is 2.66. The second kappa shape index (κ2) is 10.3. The minimum absolute atomic E-state index is 0.178. The Morgan fingerprint density at radius 1 is 1.00 bits per heavy atom. The first kappa shape index (κ1) is 23.2. The predicted molar refractivity (Wildman–Crippen MR) is 123 cm³/mol. The largest absolute Gasteiger partial charge is 0.343 e. The summed E-state index contributed by atoms with van der Waals surface area (Å²) in [6.07, 6.45) is 4.07. The summed E-state index contributed by atoms with van der Waals surface area (Å²) in [7, 11) is 0. The lowest BCUT2D eigenvalue weighted by Gasteiger charge is -2.32. The zero-order chi connectivity index (χ0) is 23.4. The molecule has 2 aromatic carbocycles. The van der Waals surface area contributed by atoms with Crippen molar-refractivity contribution in [2.75, 3.05) is 26.2 Å². The van der Waals surface area contributed by atoms with Crippen LogP contribution in [-0.2, 0) is 4.79 Å². The van der Waals surface area contributed by atoms with Gasteiger partial charge in [0.2, 0.25) is 5.91 Å². The maximum absolute atomic E-state index is 14.2. The molecule has 0 bridgehead atoms. The molecule has 9 heteroatoms. The average Bonchev–Trinajstić information content (AvgIpc) is 3.36. The van der Waals surface area contributed by atoms with Crippen molar-refractivity contribution in [1.29, 1.82) is 0 Å². The first-order valence-corrected chi connectivity index (χ1v) is 12.0. The van der Waals surface area contributed by atoms with Crippen molar-refractivity contribution in [2.45, 2.75) is 41.9 Å². The SMILES string of the molecule is O=C(CC1CCN(C(=O)c2cc([N+](=O)[O-])ccc2Sc2ccccc2F)CC1)N1CCCC1. The number of hydrogen-bond donors (Lipinski definition) is 0. The molecular formula is C24H26FN3O4S. The highest BCUT2D eigenvalue weighted by Gasteiger charge is 2.29. The van der Waals surface area contributed by atoms with Crippen LogP contribution in [0.1, 0.15) is 42.5 Å². The molecule has 33 heavy (non-hydrogen) atoms. The average molecular weight is 472 g/mol. The summed E-state index contributed by atoms with van der Waals surface area (Å²) >= 11 is 1.08. The van der Waals surface area contributed by atoms with Crippen LogP contribution in [0, 0.1) is 21.8 Å². The van der Waals surface area contributed by atoms with Gasteiger partial charge in [0, 0.05) is 54.5 Å². The molecule has 2 heterocycles. The molecule has 0 unspecified atom stereocenters. The molecule has 0 spiro atoms. The van der Waals surface area contributed by atoms with Crippen molar-refractivity contribution >= 4 is 29.3 Å². The fraction of sp³-hybridized carbons (Fsp3) is 0.417. The van der Waals surface area contributed by atoms with Crippen LogP contribution in [0.15, 0.2) is 52.3 Å². The summed E-state index contributed by atoms with van der Waals surface area (Å²) < 4.78 is 14.2. The van der Waals surface area contributed by atoms with Crippen LogP contribution in [0.3, 0.4) is 0 Å². The van der Waals surface area contributed by atoms with Gasteiger partial charge in [0.25, 0.3) is 11.6 Å². The third-order valence-electron chi connectivity index (χ3n) is 6.28. The Morgan fingerprint density at radius 3 is 2.36 bits per heavy atom. The second-order valence-electron chi connectivity index (χ2n) is 8.50. The van der Waals surface area contributed by atoms with Gasteiger partial charge in [-0.15, -0.1) is 0 Å². The summed E-state index contributed by atoms with van der Waals surface area (Å²) in [6, 6.07) is 10.3. The monoisotopic (exact) mass is 471 g/mol. The van der Waals surface area contributed by atoms with E-state index in [0.717, 1.165) is 50.5 Å². The van der Waals surface area contributed by atoms with E-state index in [0.29, 0.717) is 29.3 Å². The van der Waals surface area contributed by atoms with E-state index in [9.17, 15) is 24.1 Å². The Bertz CT molecular complexity index is 1050. The highest BCUT2D eigenvalue weighted by Crippen LogP contribution is 2.35. The topological polar surface area (TPSA) is 83.8 Å². The normalized spacial score (nSPS) is 16.8. The lowest BCUT2D eigenvalue weighted by molar-refractivity contribution is -0.384. The smallest absolute Gasteiger partial charge is 0.270 e. The van der Waals surface area contributed by atoms with Gasteiger partial charge in [-0.3, -0.25) is 19.7 Å². The second-order valence-corrected chi connectivity index (χ2v) is 9.58. The number of nitro groups is 1. The minimum atomic E-state index is -0.537. The zero-order valence-corrected chi connectivity index (χ0v) is 19.1. The van der Waals surface area contributed by atoms with E-state index in [2.05, 4.69) is 0 Å². The molecule has 2 fully saturated rings. The van der Waals surface area contributed by atoms with Crippen LogP contribution in [-0.4, -0.2) is 52.7 Å². The molecule has 0 radical (unpaired) electrons. The van der Waals surface area contributed by atoms with Crippen LogP contribution < -0.4 is 0 Å². The summed E-state index contributed by atoms with van der Waals surface area (Å²) in [5.41, 5.74) is 0.0198. The third-order valence-corrected chi connectivity index (χ3v) is 7.41. The number of nitro benzene ring substituents is 1. The van der Waals surface area contributed by atoms with Crippen molar-refractivity contribution in [3.8, 4) is 0 Å². The van der Waals surface area contributed by atoms with Gasteiger partial charge in [-0.25, -0.2) is 4.39 Å². The van der Waals surface area contributed by atoms with Crippen LogP contribution in [0.4, 0.5) is 10.1 Å². The Hall–Kier alpha value is -2.94. The first-order chi connectivity index (χ1) is 15.9. The standard InChI is InChI=1S/C24H26FN3O4S/c25-20-5-1-2-6-22(20)33-21-8-7-18(28(31)32)16-19(21)24(30)27-13-9-17(10-14-27)15-23(29)26-11-3-4-12-26/h1-2,5-8,16-17H,3-4,9-15H2. The lowest BCUT2D eigenvalue weighted by Crippen LogP contribution is -2.40. The van der Waals surface area contributed by atoms with Crippen molar-refractivity contribution in [2.24, 2.45) is 5.92 Å². The molecule has 2 aliphatic heterocycles. The summed E-state index contributed by atoms with van der Waals surface area (Å²) in [5.74, 6) is -0.288. The Balaban J connectivity index is 1.46. The van der Waals surface area contributed by atoms with E-state index in [1.165, 1.54) is 24.3 Å². The molecule has 7 nitrogen and oxygen atoms in total. The van der Waals surface area contributed by atoms with Crippen molar-refractivity contribution in [3.05, 3.63) is 64.0 Å². The van der Waals surface area contributed by atoms with Gasteiger partial charge < -0.3 is 9.80 Å². The van der Waals surface area contributed by atoms with Gasteiger partial charge in [-0.1, -0.05) is 23.9 Å². The van der Waals surface area contributed by atoms with Crippen molar-refractivity contribution in [1.82, 2.24) is 9.80 Å². The molecule has 174 valence electrons. The fourth-order valence-electron chi connectivity index (χ4n) is 4.39. The Morgan fingerprint density at radius 2 is 1.70 bits per heavy atom. The number of rotatable bonds is 6. The highest BCUT2D eigenvalue weighted by molar-refractivity contribution is 7.99. The summed E-state index contributed by atoms with van der Waals surface area (Å²) in [5, 5.41) is 11.3. The zero-order valence-electron chi connectivity index (χ0n) is 18.2. The molecule has 2 amide bonds. The van der Waals surface area contributed by atoms with Gasteiger partial charge in [0.05, 0.1) is 10.5 Å². The Kier molecular flexibility index (Phi) is 7.27. The highest BCUT2D eigenvalue weighted by atomic mass is 32.2. The van der Waals surface area contributed by atoms with Crippen LogP contribution in [0.5, 0.6) is 0 Å². The number of amides is 2. The minimum Gasteiger partial charge on any atom is -0.343 e. The molecule has 0 N–H and O–H groups in total. The molecule has 0 aromatic heterocycles. The molecule has 0 saturated carbocycles. The fourth-order valence-corrected chi connectivity index (χ4v) is 5.33. The van der Waals surface area contributed by atoms with Crippen molar-refractivity contribution in [3.63, 3.8) is 0 Å². The van der Waals surface area contributed by atoms with Gasteiger partial charge >= 0.3 is 0 Å². The van der Waals surface area contributed by atoms with E-state index in [1.807, 2.05) is 4.90 Å². The number of carbonyl (C=O) groups is 2. The van der Waals surface area contributed by atoms with Crippen LogP contribution in [0.2, 0.25) is 0 Å². The number of halogens is 1. The van der Waals surface area contributed by atoms with E-state index in [-0.39, 0.29) is 29.0 Å². The van der Waals surface area contributed by atoms with E-state index in [4.69, 9.17) is 0 Å². The van der Waals surface area contributed by atoms with Crippen molar-refractivity contribution < 1.29 is 18.9 Å². The third kappa shape index (κ3) is 5.52. The number of likely N-dealkylation sites (tertiary alicyclic amines) is 2. The molecule has 2 saturated heterocycles. The van der Waals surface area contributed by atoms with E-state index in [1.54, 1.807) is 23.1 Å². The number of carbonyl (C=O) groups excluding carboxylic acids is 2. The van der Waals surface area contributed by atoms with Gasteiger partial charge in [0.1, 0.15) is 5.82 Å². The van der Waals surface area contributed by atoms with Gasteiger partial charge in [0.15, 0.2) is 0 Å². The number of nitrogens with zero attached hydrogens (tertiary/aromatic N) is 3. The number of piperidine rings is 1. The predicted octanol–water partition coefficient (Wildman–Crippen LogP) is 4.75. The first-order valence-electron chi connectivity index (χ1n) is 11.2. The van der Waals surface area contributed by atoms with Gasteiger partial charge in [-0.2, -0.15) is 0 Å². The molecular weight excluding hydrogens is 445 g/mol. The quantitative estimate of drug-likeness (QED) is 0.448. The van der Waals surface area contributed by atoms with Crippen LogP contribution in [0.25, 0.3) is 0 Å². The Labute approximate surface area is 196 Å².